The first kappa shape index (κ1) is 9.68. The average Bonchev–Trinajstić information content (AvgIpc) is 2.03. The van der Waals surface area contributed by atoms with Crippen LogP contribution in [-0.2, 0) is 5.88 Å². The lowest BCUT2D eigenvalue weighted by atomic mass is 10.3. The van der Waals surface area contributed by atoms with Crippen LogP contribution in [0.5, 0.6) is 0 Å². The number of aromatic nitrogens is 1. The van der Waals surface area contributed by atoms with Gasteiger partial charge in [0.25, 0.3) is 6.43 Å². The molecule has 0 aromatic carbocycles. The smallest absolute Gasteiger partial charge is 0.253 e. The largest absolute Gasteiger partial charge is 0.281 e. The van der Waals surface area contributed by atoms with E-state index in [1.54, 1.807) is 0 Å². The summed E-state index contributed by atoms with van der Waals surface area (Å²) in [5.41, 5.74) is 0.233. The van der Waals surface area contributed by atoms with E-state index < -0.39 is 12.1 Å². The number of alkyl halides is 3. The fourth-order valence-electron chi connectivity index (χ4n) is 0.722. The van der Waals surface area contributed by atoms with Crippen molar-refractivity contribution in [2.75, 3.05) is 0 Å². The number of hydrogen-bond acceptors (Lipinski definition) is 1. The third kappa shape index (κ3) is 2.05. The lowest BCUT2D eigenvalue weighted by molar-refractivity contribution is 0.146. The van der Waals surface area contributed by atoms with Crippen LogP contribution in [0.25, 0.3) is 0 Å². The van der Waals surface area contributed by atoms with Gasteiger partial charge in [0.15, 0.2) is 0 Å². The van der Waals surface area contributed by atoms with Crippen molar-refractivity contribution in [3.8, 4) is 0 Å². The lowest BCUT2D eigenvalue weighted by Gasteiger charge is -2.02. The van der Waals surface area contributed by atoms with Gasteiger partial charge < -0.3 is 0 Å². The first-order valence-electron chi connectivity index (χ1n) is 3.13. The summed E-state index contributed by atoms with van der Waals surface area (Å²) in [5.74, 6) is 0.218. The third-order valence-electron chi connectivity index (χ3n) is 1.29. The molecule has 1 nitrogen and oxygen atoms in total. The summed E-state index contributed by atoms with van der Waals surface area (Å²) in [5, 5.41) is -0.0387. The van der Waals surface area contributed by atoms with Crippen molar-refractivity contribution in [1.82, 2.24) is 4.98 Å². The van der Waals surface area contributed by atoms with Crippen LogP contribution in [0.2, 0.25) is 5.02 Å². The van der Waals surface area contributed by atoms with Crippen LogP contribution in [0, 0.1) is 0 Å². The normalized spacial score (nSPS) is 10.8. The zero-order valence-corrected chi connectivity index (χ0v) is 7.41. The second kappa shape index (κ2) is 4.01. The number of nitrogens with zero attached hydrogens (tertiary/aromatic N) is 1. The molecule has 1 aromatic heterocycles. The van der Waals surface area contributed by atoms with Crippen LogP contribution >= 0.6 is 23.2 Å². The Bertz CT molecular complexity index is 278. The van der Waals surface area contributed by atoms with E-state index in [1.807, 2.05) is 0 Å². The van der Waals surface area contributed by atoms with E-state index in [-0.39, 0.29) is 10.9 Å². The predicted molar refractivity (Wildman–Crippen MR) is 43.8 cm³/mol. The van der Waals surface area contributed by atoms with E-state index in [0.717, 1.165) is 0 Å². The number of hydrogen-bond donors (Lipinski definition) is 0. The van der Waals surface area contributed by atoms with Gasteiger partial charge in [-0.1, -0.05) is 11.6 Å². The van der Waals surface area contributed by atoms with Crippen molar-refractivity contribution in [3.05, 3.63) is 28.5 Å². The van der Waals surface area contributed by atoms with Gasteiger partial charge in [-0.05, 0) is 11.6 Å². The molecule has 0 spiro atoms. The molecule has 1 rings (SSSR count). The molecule has 0 aliphatic heterocycles. The van der Waals surface area contributed by atoms with Crippen LogP contribution in [0.15, 0.2) is 12.3 Å². The second-order valence-electron chi connectivity index (χ2n) is 2.14. The van der Waals surface area contributed by atoms with Gasteiger partial charge >= 0.3 is 0 Å². The molecule has 0 aliphatic rings. The Morgan fingerprint density at radius 1 is 1.50 bits per heavy atom. The van der Waals surface area contributed by atoms with Gasteiger partial charge in [-0.3, -0.25) is 4.98 Å². The monoisotopic (exact) mass is 211 g/mol. The Balaban J connectivity index is 3.03. The Hall–Kier alpha value is -0.410. The van der Waals surface area contributed by atoms with E-state index in [9.17, 15) is 8.78 Å². The summed E-state index contributed by atoms with van der Waals surface area (Å²) < 4.78 is 24.2. The van der Waals surface area contributed by atoms with Crippen molar-refractivity contribution in [2.24, 2.45) is 0 Å². The molecule has 0 unspecified atom stereocenters. The van der Waals surface area contributed by atoms with E-state index in [4.69, 9.17) is 23.2 Å². The zero-order valence-electron chi connectivity index (χ0n) is 5.90. The molecule has 0 fully saturated rings. The molecule has 1 aromatic rings. The van der Waals surface area contributed by atoms with Gasteiger partial charge in [0.1, 0.15) is 5.69 Å². The number of pyridine rings is 1. The maximum absolute atomic E-state index is 12.1. The standard InChI is InChI=1S/C7H5Cl2F2N/c8-2-4-1-5(9)6(7(10)11)12-3-4/h1,3,7H,2H2. The van der Waals surface area contributed by atoms with Crippen molar-refractivity contribution in [3.63, 3.8) is 0 Å². The molecule has 0 atom stereocenters. The highest BCUT2D eigenvalue weighted by molar-refractivity contribution is 6.31. The first-order chi connectivity index (χ1) is 5.65. The van der Waals surface area contributed by atoms with Crippen LogP contribution in [0.4, 0.5) is 8.78 Å². The number of rotatable bonds is 2. The Morgan fingerprint density at radius 3 is 2.58 bits per heavy atom. The SMILES string of the molecule is FC(F)c1ncc(CCl)cc1Cl. The molecule has 0 amide bonds. The third-order valence-corrected chi connectivity index (χ3v) is 1.90. The zero-order chi connectivity index (χ0) is 9.14. The molecule has 0 N–H and O–H groups in total. The van der Waals surface area contributed by atoms with Crippen molar-refractivity contribution in [2.45, 2.75) is 12.3 Å². The molecule has 12 heavy (non-hydrogen) atoms. The summed E-state index contributed by atoms with van der Waals surface area (Å²) in [4.78, 5) is 3.48. The first-order valence-corrected chi connectivity index (χ1v) is 4.05. The van der Waals surface area contributed by atoms with Crippen molar-refractivity contribution < 1.29 is 8.78 Å². The topological polar surface area (TPSA) is 12.9 Å². The van der Waals surface area contributed by atoms with Gasteiger partial charge in [0, 0.05) is 12.1 Å². The van der Waals surface area contributed by atoms with Gasteiger partial charge in [-0.25, -0.2) is 8.78 Å². The Morgan fingerprint density at radius 2 is 2.17 bits per heavy atom. The Labute approximate surface area is 78.3 Å². The summed E-state index contributed by atoms with van der Waals surface area (Å²) in [6, 6.07) is 1.39. The van der Waals surface area contributed by atoms with Crippen LogP contribution in [-0.4, -0.2) is 4.98 Å². The molecule has 1 heterocycles. The van der Waals surface area contributed by atoms with E-state index in [1.165, 1.54) is 12.3 Å². The van der Waals surface area contributed by atoms with Crippen molar-refractivity contribution in [1.29, 1.82) is 0 Å². The maximum Gasteiger partial charge on any atom is 0.281 e. The quantitative estimate of drug-likeness (QED) is 0.684. The minimum absolute atomic E-state index is 0.0387. The maximum atomic E-state index is 12.1. The van der Waals surface area contributed by atoms with Crippen LogP contribution in [0.3, 0.4) is 0 Å². The summed E-state index contributed by atoms with van der Waals surface area (Å²) in [6.07, 6.45) is -1.35. The molecule has 0 saturated carbocycles. The molecule has 0 bridgehead atoms. The van der Waals surface area contributed by atoms with Crippen LogP contribution in [0.1, 0.15) is 17.7 Å². The molecule has 0 radical (unpaired) electrons. The molecule has 0 aliphatic carbocycles. The molecule has 5 heteroatoms. The van der Waals surface area contributed by atoms with Crippen molar-refractivity contribution >= 4 is 23.2 Å². The molecule has 0 saturated heterocycles. The van der Waals surface area contributed by atoms with E-state index >= 15 is 0 Å². The highest BCUT2D eigenvalue weighted by atomic mass is 35.5. The van der Waals surface area contributed by atoms with Crippen LogP contribution < -0.4 is 0 Å². The predicted octanol–water partition coefficient (Wildman–Crippen LogP) is 3.41. The highest BCUT2D eigenvalue weighted by Crippen LogP contribution is 2.25. The summed E-state index contributed by atoms with van der Waals surface area (Å²) in [6.45, 7) is 0. The van der Waals surface area contributed by atoms with Gasteiger partial charge in [-0.15, -0.1) is 11.6 Å². The minimum atomic E-state index is -2.64. The number of halogens is 4. The Kier molecular flexibility index (Phi) is 3.23. The van der Waals surface area contributed by atoms with Gasteiger partial charge in [0.2, 0.25) is 0 Å². The van der Waals surface area contributed by atoms with E-state index in [2.05, 4.69) is 4.98 Å². The molecular formula is C7H5Cl2F2N. The van der Waals surface area contributed by atoms with E-state index in [0.29, 0.717) is 5.56 Å². The fourth-order valence-corrected chi connectivity index (χ4v) is 1.14. The minimum Gasteiger partial charge on any atom is -0.253 e. The highest BCUT2D eigenvalue weighted by Gasteiger charge is 2.13. The summed E-state index contributed by atoms with van der Waals surface area (Å²) in [7, 11) is 0. The van der Waals surface area contributed by atoms with Gasteiger partial charge in [0.05, 0.1) is 5.02 Å². The lowest BCUT2D eigenvalue weighted by Crippen LogP contribution is -1.92. The second-order valence-corrected chi connectivity index (χ2v) is 2.82. The molecular weight excluding hydrogens is 207 g/mol. The fraction of sp³-hybridized carbons (Fsp3) is 0.286. The molecule has 66 valence electrons. The average molecular weight is 212 g/mol. The van der Waals surface area contributed by atoms with Gasteiger partial charge in [-0.2, -0.15) is 0 Å². The summed E-state index contributed by atoms with van der Waals surface area (Å²) >= 11 is 10.9.